The fourth-order valence-electron chi connectivity index (χ4n) is 2.20. The summed E-state index contributed by atoms with van der Waals surface area (Å²) in [7, 11) is 1.99. The Bertz CT molecular complexity index is 368. The molecular weight excluding hydrogens is 224 g/mol. The quantitative estimate of drug-likeness (QED) is 0.805. The van der Waals surface area contributed by atoms with Gasteiger partial charge in [0.15, 0.2) is 0 Å². The minimum atomic E-state index is 0.171. The molecule has 1 aromatic rings. The van der Waals surface area contributed by atoms with Crippen LogP contribution < -0.4 is 5.73 Å². The number of aromatic nitrogens is 2. The maximum atomic E-state index is 5.82. The predicted molar refractivity (Wildman–Crippen MR) is 76.4 cm³/mol. The van der Waals surface area contributed by atoms with E-state index in [1.807, 2.05) is 11.7 Å². The molecule has 0 radical (unpaired) electrons. The van der Waals surface area contributed by atoms with Crippen molar-refractivity contribution in [2.75, 3.05) is 19.6 Å². The van der Waals surface area contributed by atoms with E-state index < -0.39 is 0 Å². The standard InChI is InChI=1S/C14H28N4/c1-6-13-12(8-17(5)16-13)9-18(7-2)11-14(3,4)10-15/h8H,6-7,9-11,15H2,1-5H3. The molecule has 0 amide bonds. The normalized spacial score (nSPS) is 12.4. The Hall–Kier alpha value is -0.870. The summed E-state index contributed by atoms with van der Waals surface area (Å²) in [4.78, 5) is 2.45. The van der Waals surface area contributed by atoms with Crippen molar-refractivity contribution in [1.29, 1.82) is 0 Å². The van der Waals surface area contributed by atoms with Crippen molar-refractivity contribution in [3.05, 3.63) is 17.5 Å². The number of nitrogens with zero attached hydrogens (tertiary/aromatic N) is 3. The number of hydrogen-bond donors (Lipinski definition) is 1. The van der Waals surface area contributed by atoms with Gasteiger partial charge in [0.1, 0.15) is 0 Å². The monoisotopic (exact) mass is 252 g/mol. The number of hydrogen-bond acceptors (Lipinski definition) is 3. The van der Waals surface area contributed by atoms with Crippen LogP contribution >= 0.6 is 0 Å². The summed E-state index contributed by atoms with van der Waals surface area (Å²) in [6.45, 7) is 12.6. The third-order valence-electron chi connectivity index (χ3n) is 3.37. The van der Waals surface area contributed by atoms with Crippen LogP contribution in [-0.4, -0.2) is 34.3 Å². The van der Waals surface area contributed by atoms with Gasteiger partial charge in [0, 0.05) is 31.9 Å². The van der Waals surface area contributed by atoms with Gasteiger partial charge in [-0.25, -0.2) is 0 Å². The van der Waals surface area contributed by atoms with Gasteiger partial charge in [-0.3, -0.25) is 9.58 Å². The summed E-state index contributed by atoms with van der Waals surface area (Å²) in [5.74, 6) is 0. The Morgan fingerprint density at radius 2 is 2.06 bits per heavy atom. The van der Waals surface area contributed by atoms with Crippen molar-refractivity contribution in [3.8, 4) is 0 Å². The molecule has 0 saturated carbocycles. The Morgan fingerprint density at radius 1 is 1.39 bits per heavy atom. The highest BCUT2D eigenvalue weighted by molar-refractivity contribution is 5.16. The van der Waals surface area contributed by atoms with Gasteiger partial charge >= 0.3 is 0 Å². The summed E-state index contributed by atoms with van der Waals surface area (Å²) in [5.41, 5.74) is 8.54. The van der Waals surface area contributed by atoms with Crippen molar-refractivity contribution >= 4 is 0 Å². The molecule has 0 aromatic carbocycles. The second kappa shape index (κ2) is 6.34. The minimum Gasteiger partial charge on any atom is -0.330 e. The van der Waals surface area contributed by atoms with Crippen LogP contribution in [-0.2, 0) is 20.0 Å². The van der Waals surface area contributed by atoms with Crippen molar-refractivity contribution < 1.29 is 0 Å². The Labute approximate surface area is 111 Å². The second-order valence-corrected chi connectivity index (χ2v) is 5.80. The summed E-state index contributed by atoms with van der Waals surface area (Å²) in [6, 6.07) is 0. The fraction of sp³-hybridized carbons (Fsp3) is 0.786. The van der Waals surface area contributed by atoms with E-state index in [2.05, 4.69) is 43.9 Å². The molecule has 18 heavy (non-hydrogen) atoms. The summed E-state index contributed by atoms with van der Waals surface area (Å²) >= 11 is 0. The zero-order valence-electron chi connectivity index (χ0n) is 12.5. The molecule has 0 aliphatic carbocycles. The second-order valence-electron chi connectivity index (χ2n) is 5.80. The number of rotatable bonds is 7. The Kier molecular flexibility index (Phi) is 5.35. The lowest BCUT2D eigenvalue weighted by atomic mass is 9.93. The summed E-state index contributed by atoms with van der Waals surface area (Å²) in [6.07, 6.45) is 3.13. The van der Waals surface area contributed by atoms with Crippen LogP contribution in [0.1, 0.15) is 39.0 Å². The maximum Gasteiger partial charge on any atom is 0.0666 e. The van der Waals surface area contributed by atoms with Gasteiger partial charge in [-0.05, 0) is 24.9 Å². The molecule has 0 aliphatic rings. The van der Waals surface area contributed by atoms with E-state index in [0.717, 1.165) is 32.6 Å². The molecule has 0 unspecified atom stereocenters. The van der Waals surface area contributed by atoms with Gasteiger partial charge in [-0.2, -0.15) is 5.10 Å². The molecule has 4 heteroatoms. The molecule has 104 valence electrons. The van der Waals surface area contributed by atoms with Gasteiger partial charge in [-0.15, -0.1) is 0 Å². The van der Waals surface area contributed by atoms with Crippen LogP contribution in [0.3, 0.4) is 0 Å². The van der Waals surface area contributed by atoms with Crippen molar-refractivity contribution in [2.45, 2.75) is 40.7 Å². The molecule has 0 aliphatic heterocycles. The first-order valence-electron chi connectivity index (χ1n) is 6.85. The highest BCUT2D eigenvalue weighted by Gasteiger charge is 2.20. The lowest BCUT2D eigenvalue weighted by molar-refractivity contribution is 0.183. The molecule has 0 spiro atoms. The third-order valence-corrected chi connectivity index (χ3v) is 3.37. The molecule has 2 N–H and O–H groups in total. The predicted octanol–water partition coefficient (Wildman–Crippen LogP) is 1.79. The van der Waals surface area contributed by atoms with E-state index in [9.17, 15) is 0 Å². The van der Waals surface area contributed by atoms with Gasteiger partial charge in [-0.1, -0.05) is 27.7 Å². The first kappa shape index (κ1) is 15.2. The average molecular weight is 252 g/mol. The molecule has 4 nitrogen and oxygen atoms in total. The lowest BCUT2D eigenvalue weighted by Crippen LogP contribution is -2.38. The van der Waals surface area contributed by atoms with Crippen LogP contribution in [0.5, 0.6) is 0 Å². The lowest BCUT2D eigenvalue weighted by Gasteiger charge is -2.30. The van der Waals surface area contributed by atoms with E-state index in [1.54, 1.807) is 0 Å². The molecular formula is C14H28N4. The van der Waals surface area contributed by atoms with Gasteiger partial charge in [0.05, 0.1) is 5.69 Å². The minimum absolute atomic E-state index is 0.171. The zero-order chi connectivity index (χ0) is 13.8. The number of aryl methyl sites for hydroxylation is 2. The summed E-state index contributed by atoms with van der Waals surface area (Å²) < 4.78 is 1.91. The van der Waals surface area contributed by atoms with Gasteiger partial charge in [0.2, 0.25) is 0 Å². The molecule has 0 bridgehead atoms. The van der Waals surface area contributed by atoms with Crippen molar-refractivity contribution in [1.82, 2.24) is 14.7 Å². The van der Waals surface area contributed by atoms with E-state index in [1.165, 1.54) is 11.3 Å². The Balaban J connectivity index is 2.73. The van der Waals surface area contributed by atoms with Crippen molar-refractivity contribution in [2.24, 2.45) is 18.2 Å². The largest absolute Gasteiger partial charge is 0.330 e. The van der Waals surface area contributed by atoms with E-state index in [0.29, 0.717) is 0 Å². The third kappa shape index (κ3) is 4.10. The van der Waals surface area contributed by atoms with Gasteiger partial charge in [0.25, 0.3) is 0 Å². The average Bonchev–Trinajstić information content (AvgIpc) is 2.68. The van der Waals surface area contributed by atoms with Crippen LogP contribution in [0.2, 0.25) is 0 Å². The van der Waals surface area contributed by atoms with Crippen LogP contribution in [0.4, 0.5) is 0 Å². The van der Waals surface area contributed by atoms with Crippen molar-refractivity contribution in [3.63, 3.8) is 0 Å². The van der Waals surface area contributed by atoms with E-state index in [-0.39, 0.29) is 5.41 Å². The molecule has 1 heterocycles. The molecule has 1 aromatic heterocycles. The summed E-state index contributed by atoms with van der Waals surface area (Å²) in [5, 5.41) is 4.50. The van der Waals surface area contributed by atoms with Gasteiger partial charge < -0.3 is 5.73 Å². The van der Waals surface area contributed by atoms with Crippen LogP contribution in [0.15, 0.2) is 6.20 Å². The molecule has 1 rings (SSSR count). The van der Waals surface area contributed by atoms with E-state index in [4.69, 9.17) is 5.73 Å². The fourth-order valence-corrected chi connectivity index (χ4v) is 2.20. The zero-order valence-corrected chi connectivity index (χ0v) is 12.5. The number of nitrogens with two attached hydrogens (primary N) is 1. The molecule has 0 saturated heterocycles. The van der Waals surface area contributed by atoms with Crippen LogP contribution in [0.25, 0.3) is 0 Å². The molecule has 0 fully saturated rings. The Morgan fingerprint density at radius 3 is 2.56 bits per heavy atom. The van der Waals surface area contributed by atoms with E-state index >= 15 is 0 Å². The highest BCUT2D eigenvalue weighted by Crippen LogP contribution is 2.18. The highest BCUT2D eigenvalue weighted by atomic mass is 15.3. The topological polar surface area (TPSA) is 47.1 Å². The first-order valence-corrected chi connectivity index (χ1v) is 6.85. The SMILES string of the molecule is CCc1nn(C)cc1CN(CC)CC(C)(C)CN. The maximum absolute atomic E-state index is 5.82. The first-order chi connectivity index (χ1) is 8.41. The van der Waals surface area contributed by atoms with Crippen LogP contribution in [0, 0.1) is 5.41 Å². The smallest absolute Gasteiger partial charge is 0.0666 e. The molecule has 0 atom stereocenters.